The Balaban J connectivity index is 2.18. The molecule has 0 aliphatic rings. The molecule has 2 aromatic rings. The third-order valence-corrected chi connectivity index (χ3v) is 2.63. The number of carbonyl (C=O) groups is 1. The third-order valence-electron chi connectivity index (χ3n) is 2.63. The van der Waals surface area contributed by atoms with E-state index in [1.807, 2.05) is 13.8 Å². The standard InChI is InChI=1S/C10H15N7O/c1-6(2)8(9-11-5-13-17(9)3)14-10(18)7-4-12-16-15-7/h4-6,8H,1-3H3,(H,14,18)(H,12,15,16)/t8-/m1/s1. The Kier molecular flexibility index (Phi) is 3.35. The van der Waals surface area contributed by atoms with Gasteiger partial charge in [-0.2, -0.15) is 20.5 Å². The van der Waals surface area contributed by atoms with Crippen molar-refractivity contribution in [1.82, 2.24) is 35.5 Å². The molecule has 0 aromatic carbocycles. The molecule has 96 valence electrons. The minimum absolute atomic E-state index is 0.184. The molecule has 0 spiro atoms. The number of hydrogen-bond donors (Lipinski definition) is 2. The van der Waals surface area contributed by atoms with Crippen LogP contribution < -0.4 is 5.32 Å². The summed E-state index contributed by atoms with van der Waals surface area (Å²) in [5.41, 5.74) is 0.253. The third kappa shape index (κ3) is 2.36. The summed E-state index contributed by atoms with van der Waals surface area (Å²) < 4.78 is 1.65. The summed E-state index contributed by atoms with van der Waals surface area (Å²) in [5, 5.41) is 16.6. The molecule has 2 rings (SSSR count). The Bertz CT molecular complexity index is 516. The van der Waals surface area contributed by atoms with Crippen molar-refractivity contribution in [1.29, 1.82) is 0 Å². The van der Waals surface area contributed by atoms with Crippen molar-refractivity contribution in [3.05, 3.63) is 24.0 Å². The van der Waals surface area contributed by atoms with Crippen molar-refractivity contribution in [2.75, 3.05) is 0 Å². The maximum Gasteiger partial charge on any atom is 0.274 e. The Morgan fingerprint density at radius 1 is 1.50 bits per heavy atom. The summed E-state index contributed by atoms with van der Waals surface area (Å²) in [6.45, 7) is 4.00. The van der Waals surface area contributed by atoms with Crippen LogP contribution in [-0.4, -0.2) is 36.1 Å². The van der Waals surface area contributed by atoms with Crippen LogP contribution in [0.4, 0.5) is 0 Å². The Morgan fingerprint density at radius 3 is 2.78 bits per heavy atom. The largest absolute Gasteiger partial charge is 0.340 e. The van der Waals surface area contributed by atoms with Gasteiger partial charge in [0.15, 0.2) is 5.69 Å². The smallest absolute Gasteiger partial charge is 0.274 e. The predicted molar refractivity (Wildman–Crippen MR) is 62.4 cm³/mol. The van der Waals surface area contributed by atoms with E-state index in [1.54, 1.807) is 11.7 Å². The van der Waals surface area contributed by atoms with Crippen molar-refractivity contribution in [2.45, 2.75) is 19.9 Å². The number of aromatic amines is 1. The molecule has 0 saturated heterocycles. The summed E-state index contributed by atoms with van der Waals surface area (Å²) in [7, 11) is 1.79. The van der Waals surface area contributed by atoms with Crippen LogP contribution in [0.2, 0.25) is 0 Å². The van der Waals surface area contributed by atoms with E-state index < -0.39 is 0 Å². The summed E-state index contributed by atoms with van der Waals surface area (Å²) >= 11 is 0. The van der Waals surface area contributed by atoms with Gasteiger partial charge in [0.25, 0.3) is 5.91 Å². The number of carbonyl (C=O) groups excluding carboxylic acids is 1. The lowest BCUT2D eigenvalue weighted by Gasteiger charge is -2.20. The first-order valence-electron chi connectivity index (χ1n) is 5.60. The lowest BCUT2D eigenvalue weighted by atomic mass is 10.0. The molecular weight excluding hydrogens is 234 g/mol. The molecule has 8 heteroatoms. The van der Waals surface area contributed by atoms with Crippen LogP contribution in [0.1, 0.15) is 36.2 Å². The van der Waals surface area contributed by atoms with E-state index in [0.29, 0.717) is 5.82 Å². The van der Waals surface area contributed by atoms with Crippen molar-refractivity contribution in [3.63, 3.8) is 0 Å². The van der Waals surface area contributed by atoms with Crippen LogP contribution in [0.3, 0.4) is 0 Å². The van der Waals surface area contributed by atoms with Crippen molar-refractivity contribution < 1.29 is 4.79 Å². The number of amides is 1. The van der Waals surface area contributed by atoms with Crippen LogP contribution >= 0.6 is 0 Å². The molecule has 0 aliphatic carbocycles. The lowest BCUT2D eigenvalue weighted by Crippen LogP contribution is -2.33. The van der Waals surface area contributed by atoms with Crippen molar-refractivity contribution in [2.24, 2.45) is 13.0 Å². The average Bonchev–Trinajstić information content (AvgIpc) is 2.96. The molecule has 0 aliphatic heterocycles. The molecule has 2 heterocycles. The highest BCUT2D eigenvalue weighted by Crippen LogP contribution is 2.19. The zero-order valence-corrected chi connectivity index (χ0v) is 10.5. The fourth-order valence-corrected chi connectivity index (χ4v) is 1.64. The minimum Gasteiger partial charge on any atom is -0.340 e. The van der Waals surface area contributed by atoms with E-state index in [4.69, 9.17) is 0 Å². The van der Waals surface area contributed by atoms with Crippen LogP contribution in [0, 0.1) is 5.92 Å². The quantitative estimate of drug-likeness (QED) is 0.797. The van der Waals surface area contributed by atoms with E-state index in [1.165, 1.54) is 12.5 Å². The lowest BCUT2D eigenvalue weighted by molar-refractivity contribution is 0.0917. The molecule has 1 atom stereocenters. The molecule has 0 bridgehead atoms. The molecule has 0 unspecified atom stereocenters. The van der Waals surface area contributed by atoms with Gasteiger partial charge in [-0.3, -0.25) is 9.48 Å². The molecule has 0 saturated carbocycles. The fraction of sp³-hybridized carbons (Fsp3) is 0.500. The van der Waals surface area contributed by atoms with E-state index in [2.05, 4.69) is 30.8 Å². The fourth-order valence-electron chi connectivity index (χ4n) is 1.64. The number of rotatable bonds is 4. The topological polar surface area (TPSA) is 101 Å². The number of aromatic nitrogens is 6. The summed E-state index contributed by atoms with van der Waals surface area (Å²) in [6, 6.07) is -0.221. The van der Waals surface area contributed by atoms with E-state index in [9.17, 15) is 4.79 Å². The van der Waals surface area contributed by atoms with Crippen molar-refractivity contribution >= 4 is 5.91 Å². The molecule has 2 N–H and O–H groups in total. The van der Waals surface area contributed by atoms with Gasteiger partial charge in [0.2, 0.25) is 0 Å². The second-order valence-electron chi connectivity index (χ2n) is 4.29. The van der Waals surface area contributed by atoms with Gasteiger partial charge in [0, 0.05) is 7.05 Å². The Morgan fingerprint density at radius 2 is 2.28 bits per heavy atom. The number of aryl methyl sites for hydroxylation is 1. The van der Waals surface area contributed by atoms with E-state index in [-0.39, 0.29) is 23.6 Å². The highest BCUT2D eigenvalue weighted by molar-refractivity contribution is 5.92. The first-order valence-corrected chi connectivity index (χ1v) is 5.60. The molecular formula is C10H15N7O. The van der Waals surface area contributed by atoms with Gasteiger partial charge >= 0.3 is 0 Å². The van der Waals surface area contributed by atoms with Crippen LogP contribution in [0.5, 0.6) is 0 Å². The monoisotopic (exact) mass is 249 g/mol. The van der Waals surface area contributed by atoms with Gasteiger partial charge in [-0.1, -0.05) is 13.8 Å². The first kappa shape index (κ1) is 12.2. The molecule has 1 amide bonds. The number of nitrogens with one attached hydrogen (secondary N) is 2. The Labute approximate surface area is 104 Å². The predicted octanol–water partition coefficient (Wildman–Crippen LogP) is 0.0603. The maximum absolute atomic E-state index is 11.9. The SMILES string of the molecule is CC(C)[C@@H](NC(=O)c1cn[nH]n1)c1ncnn1C. The highest BCUT2D eigenvalue weighted by atomic mass is 16.2. The van der Waals surface area contributed by atoms with Gasteiger partial charge < -0.3 is 5.32 Å². The summed E-state index contributed by atoms with van der Waals surface area (Å²) in [6.07, 6.45) is 2.84. The first-order chi connectivity index (χ1) is 8.59. The summed E-state index contributed by atoms with van der Waals surface area (Å²) in [5.74, 6) is 0.607. The average molecular weight is 249 g/mol. The molecule has 2 aromatic heterocycles. The second kappa shape index (κ2) is 4.94. The second-order valence-corrected chi connectivity index (χ2v) is 4.29. The van der Waals surface area contributed by atoms with Crippen molar-refractivity contribution in [3.8, 4) is 0 Å². The zero-order valence-electron chi connectivity index (χ0n) is 10.5. The number of nitrogens with zero attached hydrogens (tertiary/aromatic N) is 5. The van der Waals surface area contributed by atoms with Gasteiger partial charge in [0.1, 0.15) is 12.2 Å². The van der Waals surface area contributed by atoms with Gasteiger partial charge in [-0.15, -0.1) is 0 Å². The van der Waals surface area contributed by atoms with Gasteiger partial charge in [-0.05, 0) is 5.92 Å². The zero-order chi connectivity index (χ0) is 13.1. The molecule has 0 fully saturated rings. The molecule has 0 radical (unpaired) electrons. The molecule has 18 heavy (non-hydrogen) atoms. The van der Waals surface area contributed by atoms with E-state index >= 15 is 0 Å². The van der Waals surface area contributed by atoms with Crippen LogP contribution in [0.25, 0.3) is 0 Å². The van der Waals surface area contributed by atoms with Gasteiger partial charge in [-0.25, -0.2) is 4.98 Å². The normalized spacial score (nSPS) is 12.7. The summed E-state index contributed by atoms with van der Waals surface area (Å²) in [4.78, 5) is 16.1. The van der Waals surface area contributed by atoms with Gasteiger partial charge in [0.05, 0.1) is 12.2 Å². The van der Waals surface area contributed by atoms with Crippen LogP contribution in [-0.2, 0) is 7.05 Å². The number of hydrogen-bond acceptors (Lipinski definition) is 5. The number of H-pyrrole nitrogens is 1. The maximum atomic E-state index is 11.9. The molecule has 8 nitrogen and oxygen atoms in total. The minimum atomic E-state index is -0.287. The Hall–Kier alpha value is -2.25. The van der Waals surface area contributed by atoms with E-state index in [0.717, 1.165) is 0 Å². The van der Waals surface area contributed by atoms with Crippen LogP contribution in [0.15, 0.2) is 12.5 Å². The highest BCUT2D eigenvalue weighted by Gasteiger charge is 2.23.